The van der Waals surface area contributed by atoms with E-state index in [2.05, 4.69) is 25.3 Å². The van der Waals surface area contributed by atoms with Crippen LogP contribution in [0.2, 0.25) is 5.02 Å². The summed E-state index contributed by atoms with van der Waals surface area (Å²) in [5.41, 5.74) is 4.22. The van der Waals surface area contributed by atoms with E-state index in [4.69, 9.17) is 22.1 Å². The van der Waals surface area contributed by atoms with Gasteiger partial charge in [-0.2, -0.15) is 0 Å². The van der Waals surface area contributed by atoms with E-state index in [1.54, 1.807) is 6.07 Å². The van der Waals surface area contributed by atoms with Crippen molar-refractivity contribution < 1.29 is 17.9 Å². The normalized spacial score (nSPS) is 19.4. The van der Waals surface area contributed by atoms with Crippen molar-refractivity contribution in [2.24, 2.45) is 10.7 Å². The van der Waals surface area contributed by atoms with E-state index in [-0.39, 0.29) is 18.0 Å². The quantitative estimate of drug-likeness (QED) is 0.668. The summed E-state index contributed by atoms with van der Waals surface area (Å²) in [5, 5.41) is 3.35. The second-order valence-corrected chi connectivity index (χ2v) is 6.82. The molecule has 150 valence electrons. The van der Waals surface area contributed by atoms with Crippen LogP contribution < -0.4 is 11.1 Å². The molecular formula is C18H14ClF3N6O. The molecular weight excluding hydrogens is 409 g/mol. The lowest BCUT2D eigenvalue weighted by Gasteiger charge is -2.33. The number of halogens is 4. The molecule has 0 spiro atoms. The molecule has 4 rings (SSSR count). The third-order valence-electron chi connectivity index (χ3n) is 4.41. The Labute approximate surface area is 167 Å². The lowest BCUT2D eigenvalue weighted by Crippen LogP contribution is -2.45. The number of anilines is 2. The number of rotatable bonds is 4. The second-order valence-electron chi connectivity index (χ2n) is 6.38. The van der Waals surface area contributed by atoms with Crippen LogP contribution in [-0.2, 0) is 10.3 Å². The summed E-state index contributed by atoms with van der Waals surface area (Å²) < 4.78 is 47.6. The van der Waals surface area contributed by atoms with Gasteiger partial charge in [0.2, 0.25) is 0 Å². The fraction of sp³-hybridized carbons (Fsp3) is 0.222. The van der Waals surface area contributed by atoms with Crippen molar-refractivity contribution >= 4 is 40.0 Å². The molecule has 1 aromatic carbocycles. The minimum absolute atomic E-state index is 0.0881. The highest BCUT2D eigenvalue weighted by molar-refractivity contribution is 6.31. The number of benzene rings is 1. The summed E-state index contributed by atoms with van der Waals surface area (Å²) in [6.45, 7) is -0.586. The lowest BCUT2D eigenvalue weighted by molar-refractivity contribution is -0.0145. The van der Waals surface area contributed by atoms with E-state index in [9.17, 15) is 13.2 Å². The van der Waals surface area contributed by atoms with Gasteiger partial charge < -0.3 is 15.8 Å². The van der Waals surface area contributed by atoms with Crippen molar-refractivity contribution in [3.63, 3.8) is 0 Å². The van der Waals surface area contributed by atoms with Gasteiger partial charge in [-0.05, 0) is 24.3 Å². The van der Waals surface area contributed by atoms with Crippen LogP contribution in [0.4, 0.5) is 24.7 Å². The van der Waals surface area contributed by atoms with Crippen LogP contribution in [0, 0.1) is 5.82 Å². The lowest BCUT2D eigenvalue weighted by atomic mass is 9.90. The van der Waals surface area contributed by atoms with E-state index in [0.29, 0.717) is 27.6 Å². The minimum atomic E-state index is -3.03. The summed E-state index contributed by atoms with van der Waals surface area (Å²) in [7, 11) is 0. The maximum absolute atomic E-state index is 14.5. The Hall–Kier alpha value is -2.98. The minimum Gasteiger partial charge on any atom is -0.385 e. The Balaban J connectivity index is 1.78. The Kier molecular flexibility index (Phi) is 4.97. The number of amidine groups is 1. The Morgan fingerprint density at radius 3 is 2.79 bits per heavy atom. The maximum Gasteiger partial charge on any atom is 0.269 e. The van der Waals surface area contributed by atoms with Crippen molar-refractivity contribution in [2.75, 3.05) is 18.5 Å². The summed E-state index contributed by atoms with van der Waals surface area (Å²) >= 11 is 5.92. The van der Waals surface area contributed by atoms with E-state index in [1.807, 2.05) is 0 Å². The van der Waals surface area contributed by atoms with Crippen molar-refractivity contribution in [3.8, 4) is 0 Å². The molecule has 0 saturated carbocycles. The highest BCUT2D eigenvalue weighted by atomic mass is 35.5. The number of alkyl halides is 2. The number of nitrogens with one attached hydrogen (secondary N) is 1. The zero-order valence-electron chi connectivity index (χ0n) is 14.7. The van der Waals surface area contributed by atoms with Gasteiger partial charge in [0.1, 0.15) is 30.1 Å². The third-order valence-corrected chi connectivity index (χ3v) is 4.62. The zero-order valence-corrected chi connectivity index (χ0v) is 15.5. The molecule has 1 atom stereocenters. The van der Waals surface area contributed by atoms with Crippen molar-refractivity contribution in [2.45, 2.75) is 12.0 Å². The fourth-order valence-corrected chi connectivity index (χ4v) is 3.23. The summed E-state index contributed by atoms with van der Waals surface area (Å²) in [5.74, 6) is -0.675. The predicted molar refractivity (Wildman–Crippen MR) is 102 cm³/mol. The predicted octanol–water partition coefficient (Wildman–Crippen LogP) is 3.41. The molecule has 0 saturated heterocycles. The molecule has 11 heteroatoms. The Morgan fingerprint density at radius 1 is 1.21 bits per heavy atom. The fourth-order valence-electron chi connectivity index (χ4n) is 3.08. The zero-order chi connectivity index (χ0) is 20.6. The summed E-state index contributed by atoms with van der Waals surface area (Å²) in [6.07, 6.45) is -0.306. The number of hydrogen-bond donors (Lipinski definition) is 2. The second kappa shape index (κ2) is 7.45. The molecule has 0 bridgehead atoms. The standard InChI is InChI=1S/C18H14ClF3N6O/c19-9-3-13-15(24-5-9)16(26-8-25-13)27-10-1-2-12(20)11(4-10)18(17(21)22)7-29-6-14(23)28-18/h1-5,8,17H,6-7H2,(H2,23,28)(H,25,26,27). The summed E-state index contributed by atoms with van der Waals surface area (Å²) in [4.78, 5) is 16.2. The topological polar surface area (TPSA) is 98.3 Å². The summed E-state index contributed by atoms with van der Waals surface area (Å²) in [6, 6.07) is 5.29. The van der Waals surface area contributed by atoms with Gasteiger partial charge in [-0.3, -0.25) is 4.99 Å². The number of fused-ring (bicyclic) bond motifs is 1. The molecule has 0 fully saturated rings. The first-order chi connectivity index (χ1) is 13.9. The van der Waals surface area contributed by atoms with E-state index < -0.39 is 24.4 Å². The van der Waals surface area contributed by atoms with Gasteiger partial charge in [0, 0.05) is 17.4 Å². The number of nitrogens with zero attached hydrogens (tertiary/aromatic N) is 4. The van der Waals surface area contributed by atoms with Crippen LogP contribution in [0.1, 0.15) is 5.56 Å². The molecule has 3 aromatic rings. The largest absolute Gasteiger partial charge is 0.385 e. The number of nitrogens with two attached hydrogens (primary N) is 1. The average Bonchev–Trinajstić information content (AvgIpc) is 2.69. The SMILES string of the molecule is NC1=NC(c2cc(Nc3ncnc4cc(Cl)cnc34)ccc2F)(C(F)F)COC1. The molecule has 0 radical (unpaired) electrons. The van der Waals surface area contributed by atoms with Gasteiger partial charge in [-0.25, -0.2) is 28.1 Å². The van der Waals surface area contributed by atoms with Gasteiger partial charge in [-0.1, -0.05) is 11.6 Å². The van der Waals surface area contributed by atoms with Gasteiger partial charge >= 0.3 is 0 Å². The molecule has 2 aromatic heterocycles. The molecule has 3 heterocycles. The molecule has 1 aliphatic rings. The van der Waals surface area contributed by atoms with Crippen LogP contribution >= 0.6 is 11.6 Å². The average molecular weight is 423 g/mol. The van der Waals surface area contributed by atoms with E-state index in [1.165, 1.54) is 24.7 Å². The molecule has 7 nitrogen and oxygen atoms in total. The van der Waals surface area contributed by atoms with Crippen LogP contribution in [-0.4, -0.2) is 40.4 Å². The van der Waals surface area contributed by atoms with E-state index >= 15 is 0 Å². The van der Waals surface area contributed by atoms with Crippen molar-refractivity contribution in [3.05, 3.63) is 53.2 Å². The molecule has 0 amide bonds. The van der Waals surface area contributed by atoms with Gasteiger partial charge in [0.25, 0.3) is 6.43 Å². The smallest absolute Gasteiger partial charge is 0.269 e. The van der Waals surface area contributed by atoms with Gasteiger partial charge in [-0.15, -0.1) is 0 Å². The van der Waals surface area contributed by atoms with Crippen LogP contribution in [0.15, 0.2) is 41.8 Å². The molecule has 3 N–H and O–H groups in total. The van der Waals surface area contributed by atoms with Crippen molar-refractivity contribution in [1.29, 1.82) is 0 Å². The Morgan fingerprint density at radius 2 is 2.03 bits per heavy atom. The number of hydrogen-bond acceptors (Lipinski definition) is 7. The van der Waals surface area contributed by atoms with Crippen LogP contribution in [0.5, 0.6) is 0 Å². The monoisotopic (exact) mass is 422 g/mol. The van der Waals surface area contributed by atoms with Crippen LogP contribution in [0.25, 0.3) is 11.0 Å². The number of aliphatic imine (C=N–C) groups is 1. The van der Waals surface area contributed by atoms with Gasteiger partial charge in [0.15, 0.2) is 11.4 Å². The first-order valence-corrected chi connectivity index (χ1v) is 8.80. The molecule has 1 aliphatic heterocycles. The molecule has 0 aliphatic carbocycles. The maximum atomic E-state index is 14.5. The van der Waals surface area contributed by atoms with E-state index in [0.717, 1.165) is 6.07 Å². The first kappa shape index (κ1) is 19.3. The van der Waals surface area contributed by atoms with Crippen LogP contribution in [0.3, 0.4) is 0 Å². The third kappa shape index (κ3) is 3.56. The molecule has 1 unspecified atom stereocenters. The first-order valence-electron chi connectivity index (χ1n) is 8.42. The highest BCUT2D eigenvalue weighted by Crippen LogP contribution is 2.38. The molecule has 29 heavy (non-hydrogen) atoms. The van der Waals surface area contributed by atoms with Gasteiger partial charge in [0.05, 0.1) is 17.1 Å². The number of aromatic nitrogens is 3. The Bertz CT molecular complexity index is 1110. The highest BCUT2D eigenvalue weighted by Gasteiger charge is 2.46. The number of ether oxygens (including phenoxy) is 1. The van der Waals surface area contributed by atoms with Crippen molar-refractivity contribution in [1.82, 2.24) is 15.0 Å². The number of pyridine rings is 1.